The Balaban J connectivity index is 2.68. The van der Waals surface area contributed by atoms with Crippen molar-refractivity contribution in [2.75, 3.05) is 27.4 Å². The number of aliphatic hydroxyl groups excluding tert-OH is 1. The number of hydrogen-bond donors (Lipinski definition) is 1. The van der Waals surface area contributed by atoms with E-state index in [1.165, 1.54) is 7.11 Å². The van der Waals surface area contributed by atoms with Crippen molar-refractivity contribution in [3.05, 3.63) is 23.8 Å². The van der Waals surface area contributed by atoms with Gasteiger partial charge in [0.15, 0.2) is 11.5 Å². The SMILES string of the molecule is COC(=O)CCc1ccc(OCCO)c(OC)c1. The van der Waals surface area contributed by atoms with E-state index >= 15 is 0 Å². The van der Waals surface area contributed by atoms with Gasteiger partial charge in [-0.05, 0) is 24.1 Å². The van der Waals surface area contributed by atoms with Crippen LogP contribution in [0.3, 0.4) is 0 Å². The second kappa shape index (κ2) is 7.55. The van der Waals surface area contributed by atoms with E-state index in [0.29, 0.717) is 24.3 Å². The van der Waals surface area contributed by atoms with Gasteiger partial charge in [0.05, 0.1) is 20.8 Å². The molecule has 0 aromatic heterocycles. The predicted molar refractivity (Wildman–Crippen MR) is 65.9 cm³/mol. The number of esters is 1. The van der Waals surface area contributed by atoms with Gasteiger partial charge in [-0.3, -0.25) is 4.79 Å². The van der Waals surface area contributed by atoms with Crippen LogP contribution in [0.2, 0.25) is 0 Å². The van der Waals surface area contributed by atoms with Gasteiger partial charge in [-0.2, -0.15) is 0 Å². The molecule has 1 rings (SSSR count). The van der Waals surface area contributed by atoms with Crippen molar-refractivity contribution in [2.45, 2.75) is 12.8 Å². The zero-order valence-corrected chi connectivity index (χ0v) is 10.6. The molecule has 0 heterocycles. The molecule has 0 atom stereocenters. The largest absolute Gasteiger partial charge is 0.493 e. The van der Waals surface area contributed by atoms with Crippen molar-refractivity contribution >= 4 is 5.97 Å². The Labute approximate surface area is 106 Å². The second-order valence-corrected chi connectivity index (χ2v) is 3.63. The lowest BCUT2D eigenvalue weighted by Gasteiger charge is -2.11. The smallest absolute Gasteiger partial charge is 0.305 e. The van der Waals surface area contributed by atoms with Gasteiger partial charge in [-0.25, -0.2) is 0 Å². The maximum Gasteiger partial charge on any atom is 0.305 e. The maximum atomic E-state index is 11.0. The summed E-state index contributed by atoms with van der Waals surface area (Å²) < 4.78 is 15.1. The summed E-state index contributed by atoms with van der Waals surface area (Å²) in [4.78, 5) is 11.0. The number of methoxy groups -OCH3 is 2. The van der Waals surface area contributed by atoms with Gasteiger partial charge in [0.25, 0.3) is 0 Å². The Morgan fingerprint density at radius 3 is 2.67 bits per heavy atom. The van der Waals surface area contributed by atoms with Crippen molar-refractivity contribution in [2.24, 2.45) is 0 Å². The van der Waals surface area contributed by atoms with Crippen LogP contribution in [0, 0.1) is 0 Å². The molecular weight excluding hydrogens is 236 g/mol. The summed E-state index contributed by atoms with van der Waals surface area (Å²) >= 11 is 0. The van der Waals surface area contributed by atoms with Crippen molar-refractivity contribution in [1.29, 1.82) is 0 Å². The molecule has 5 heteroatoms. The minimum absolute atomic E-state index is 0.0484. The summed E-state index contributed by atoms with van der Waals surface area (Å²) in [5, 5.41) is 8.70. The molecular formula is C13H18O5. The highest BCUT2D eigenvalue weighted by molar-refractivity contribution is 5.69. The van der Waals surface area contributed by atoms with Crippen LogP contribution in [0.5, 0.6) is 11.5 Å². The van der Waals surface area contributed by atoms with Crippen LogP contribution < -0.4 is 9.47 Å². The number of hydrogen-bond acceptors (Lipinski definition) is 5. The van der Waals surface area contributed by atoms with Gasteiger partial charge in [-0.1, -0.05) is 6.07 Å². The molecule has 1 aromatic carbocycles. The van der Waals surface area contributed by atoms with Gasteiger partial charge in [-0.15, -0.1) is 0 Å². The molecule has 5 nitrogen and oxygen atoms in total. The lowest BCUT2D eigenvalue weighted by molar-refractivity contribution is -0.140. The van der Waals surface area contributed by atoms with E-state index in [-0.39, 0.29) is 19.2 Å². The topological polar surface area (TPSA) is 65.0 Å². The molecule has 0 aliphatic carbocycles. The Bertz CT molecular complexity index is 389. The average molecular weight is 254 g/mol. The summed E-state index contributed by atoms with van der Waals surface area (Å²) in [6.07, 6.45) is 0.916. The number of benzene rings is 1. The molecule has 0 fully saturated rings. The number of carbonyl (C=O) groups excluding carboxylic acids is 1. The van der Waals surface area contributed by atoms with Crippen molar-refractivity contribution in [3.8, 4) is 11.5 Å². The third-order valence-electron chi connectivity index (χ3n) is 2.42. The van der Waals surface area contributed by atoms with Gasteiger partial charge >= 0.3 is 5.97 Å². The summed E-state index contributed by atoms with van der Waals surface area (Å²) in [6, 6.07) is 5.44. The number of aliphatic hydroxyl groups is 1. The van der Waals surface area contributed by atoms with E-state index in [0.717, 1.165) is 5.56 Å². The number of rotatable bonds is 7. The van der Waals surface area contributed by atoms with E-state index in [4.69, 9.17) is 14.6 Å². The Kier molecular flexibility index (Phi) is 6.00. The second-order valence-electron chi connectivity index (χ2n) is 3.63. The molecule has 0 bridgehead atoms. The first-order valence-electron chi connectivity index (χ1n) is 5.68. The van der Waals surface area contributed by atoms with Crippen LogP contribution >= 0.6 is 0 Å². The Morgan fingerprint density at radius 1 is 1.28 bits per heavy atom. The zero-order chi connectivity index (χ0) is 13.4. The molecule has 1 aromatic rings. The first-order valence-corrected chi connectivity index (χ1v) is 5.68. The summed E-state index contributed by atoms with van der Waals surface area (Å²) in [7, 11) is 2.92. The summed E-state index contributed by atoms with van der Waals surface area (Å²) in [5.41, 5.74) is 0.966. The van der Waals surface area contributed by atoms with Gasteiger partial charge in [0, 0.05) is 6.42 Å². The fraction of sp³-hybridized carbons (Fsp3) is 0.462. The molecule has 0 saturated heterocycles. The van der Waals surface area contributed by atoms with Crippen molar-refractivity contribution in [1.82, 2.24) is 0 Å². The van der Waals surface area contributed by atoms with Gasteiger partial charge < -0.3 is 19.3 Å². The van der Waals surface area contributed by atoms with Crippen LogP contribution in [-0.4, -0.2) is 38.5 Å². The minimum Gasteiger partial charge on any atom is -0.493 e. The van der Waals surface area contributed by atoms with E-state index in [1.54, 1.807) is 13.2 Å². The number of carbonyl (C=O) groups is 1. The average Bonchev–Trinajstić information content (AvgIpc) is 2.42. The molecule has 0 aliphatic rings. The van der Waals surface area contributed by atoms with E-state index < -0.39 is 0 Å². The molecule has 0 unspecified atom stereocenters. The normalized spacial score (nSPS) is 9.94. The lowest BCUT2D eigenvalue weighted by atomic mass is 10.1. The third kappa shape index (κ3) is 4.25. The Hall–Kier alpha value is -1.75. The highest BCUT2D eigenvalue weighted by Gasteiger charge is 2.07. The van der Waals surface area contributed by atoms with Gasteiger partial charge in [0.1, 0.15) is 6.61 Å². The molecule has 0 saturated carbocycles. The van der Waals surface area contributed by atoms with E-state index in [9.17, 15) is 4.79 Å². The third-order valence-corrected chi connectivity index (χ3v) is 2.42. The van der Waals surface area contributed by atoms with E-state index in [1.807, 2.05) is 12.1 Å². The number of ether oxygens (including phenoxy) is 3. The monoisotopic (exact) mass is 254 g/mol. The molecule has 0 aliphatic heterocycles. The fourth-order valence-corrected chi connectivity index (χ4v) is 1.49. The summed E-state index contributed by atoms with van der Waals surface area (Å²) in [6.45, 7) is 0.172. The van der Waals surface area contributed by atoms with Crippen LogP contribution in [0.25, 0.3) is 0 Å². The predicted octanol–water partition coefficient (Wildman–Crippen LogP) is 1.17. The molecule has 1 N–H and O–H groups in total. The molecule has 18 heavy (non-hydrogen) atoms. The van der Waals surface area contributed by atoms with Crippen molar-refractivity contribution < 1.29 is 24.1 Å². The van der Waals surface area contributed by atoms with Crippen LogP contribution in [0.1, 0.15) is 12.0 Å². The van der Waals surface area contributed by atoms with Crippen LogP contribution in [-0.2, 0) is 16.0 Å². The highest BCUT2D eigenvalue weighted by atomic mass is 16.5. The van der Waals surface area contributed by atoms with Crippen LogP contribution in [0.4, 0.5) is 0 Å². The molecule has 0 radical (unpaired) electrons. The first kappa shape index (κ1) is 14.3. The van der Waals surface area contributed by atoms with Crippen LogP contribution in [0.15, 0.2) is 18.2 Å². The fourth-order valence-electron chi connectivity index (χ4n) is 1.49. The standard InChI is InChI=1S/C13H18O5/c1-16-12-9-10(4-6-13(15)17-2)3-5-11(12)18-8-7-14/h3,5,9,14H,4,6-8H2,1-2H3. The highest BCUT2D eigenvalue weighted by Crippen LogP contribution is 2.28. The number of aryl methyl sites for hydroxylation is 1. The lowest BCUT2D eigenvalue weighted by Crippen LogP contribution is -2.04. The Morgan fingerprint density at radius 2 is 2.06 bits per heavy atom. The summed E-state index contributed by atoms with van der Waals surface area (Å²) in [5.74, 6) is 0.925. The van der Waals surface area contributed by atoms with Crippen molar-refractivity contribution in [3.63, 3.8) is 0 Å². The van der Waals surface area contributed by atoms with Gasteiger partial charge in [0.2, 0.25) is 0 Å². The van der Waals surface area contributed by atoms with E-state index in [2.05, 4.69) is 4.74 Å². The zero-order valence-electron chi connectivity index (χ0n) is 10.6. The maximum absolute atomic E-state index is 11.0. The minimum atomic E-state index is -0.241. The molecule has 0 amide bonds. The molecule has 100 valence electrons. The molecule has 0 spiro atoms. The quantitative estimate of drug-likeness (QED) is 0.740. The first-order chi connectivity index (χ1) is 8.71.